The van der Waals surface area contributed by atoms with Crippen LogP contribution < -0.4 is 4.74 Å². The van der Waals surface area contributed by atoms with Crippen LogP contribution in [0.5, 0.6) is 5.75 Å². The van der Waals surface area contributed by atoms with Crippen LogP contribution in [0.25, 0.3) is 5.69 Å². The van der Waals surface area contributed by atoms with Crippen molar-refractivity contribution in [3.8, 4) is 11.4 Å². The van der Waals surface area contributed by atoms with Gasteiger partial charge >= 0.3 is 5.97 Å². The van der Waals surface area contributed by atoms with Crippen LogP contribution in [0.4, 0.5) is 0 Å². The topological polar surface area (TPSA) is 77.2 Å². The first kappa shape index (κ1) is 14.0. The Hall–Kier alpha value is -2.37. The minimum atomic E-state index is -1.06. The summed E-state index contributed by atoms with van der Waals surface area (Å²) in [6.45, 7) is 4.41. The standard InChI is InChI=1S/C14H17N3O3/c1-3-7-11-13(14(18)19)15-16-17(11)10-8-5-6-9-12(10)20-4-2/h5-6,8-9H,3-4,7H2,1-2H3,(H,18,19). The molecule has 0 amide bonds. The largest absolute Gasteiger partial charge is 0.492 e. The van der Waals surface area contributed by atoms with Crippen molar-refractivity contribution in [1.82, 2.24) is 15.0 Å². The van der Waals surface area contributed by atoms with E-state index in [1.807, 2.05) is 38.1 Å². The van der Waals surface area contributed by atoms with Crippen molar-refractivity contribution in [2.75, 3.05) is 6.61 Å². The summed E-state index contributed by atoms with van der Waals surface area (Å²) in [4.78, 5) is 11.2. The molecule has 1 heterocycles. The van der Waals surface area contributed by atoms with Crippen molar-refractivity contribution in [3.63, 3.8) is 0 Å². The third-order valence-electron chi connectivity index (χ3n) is 2.85. The van der Waals surface area contributed by atoms with Crippen LogP contribution in [0.3, 0.4) is 0 Å². The number of carboxylic acids is 1. The van der Waals surface area contributed by atoms with E-state index in [1.165, 1.54) is 0 Å². The van der Waals surface area contributed by atoms with E-state index in [-0.39, 0.29) is 5.69 Å². The van der Waals surface area contributed by atoms with Crippen LogP contribution in [-0.2, 0) is 6.42 Å². The number of carboxylic acid groups (broad SMARTS) is 1. The van der Waals surface area contributed by atoms with Crippen LogP contribution >= 0.6 is 0 Å². The molecule has 0 saturated carbocycles. The Morgan fingerprint density at radius 1 is 1.35 bits per heavy atom. The molecule has 0 atom stereocenters. The van der Waals surface area contributed by atoms with Gasteiger partial charge < -0.3 is 9.84 Å². The first-order valence-corrected chi connectivity index (χ1v) is 6.59. The van der Waals surface area contributed by atoms with Crippen molar-refractivity contribution in [1.29, 1.82) is 0 Å². The highest BCUT2D eigenvalue weighted by molar-refractivity contribution is 5.86. The normalized spacial score (nSPS) is 10.5. The van der Waals surface area contributed by atoms with Gasteiger partial charge in [0.15, 0.2) is 5.69 Å². The predicted molar refractivity (Wildman–Crippen MR) is 73.5 cm³/mol. The highest BCUT2D eigenvalue weighted by atomic mass is 16.5. The van der Waals surface area contributed by atoms with Crippen molar-refractivity contribution < 1.29 is 14.6 Å². The van der Waals surface area contributed by atoms with Gasteiger partial charge in [-0.2, -0.15) is 0 Å². The van der Waals surface area contributed by atoms with Gasteiger partial charge in [0.1, 0.15) is 11.4 Å². The molecule has 1 aromatic heterocycles. The average molecular weight is 275 g/mol. The number of benzene rings is 1. The molecule has 0 aliphatic heterocycles. The Labute approximate surface area is 117 Å². The van der Waals surface area contributed by atoms with Crippen molar-refractivity contribution >= 4 is 5.97 Å². The highest BCUT2D eigenvalue weighted by Crippen LogP contribution is 2.24. The smallest absolute Gasteiger partial charge is 0.358 e. The van der Waals surface area contributed by atoms with E-state index in [1.54, 1.807) is 4.68 Å². The van der Waals surface area contributed by atoms with Crippen LogP contribution in [0.15, 0.2) is 24.3 Å². The van der Waals surface area contributed by atoms with Gasteiger partial charge in [0, 0.05) is 0 Å². The Morgan fingerprint density at radius 2 is 2.10 bits per heavy atom. The zero-order chi connectivity index (χ0) is 14.5. The lowest BCUT2D eigenvalue weighted by Gasteiger charge is -2.11. The molecular weight excluding hydrogens is 258 g/mol. The molecule has 0 radical (unpaired) electrons. The summed E-state index contributed by atoms with van der Waals surface area (Å²) in [5.41, 5.74) is 1.29. The Balaban J connectivity index is 2.55. The quantitative estimate of drug-likeness (QED) is 0.875. The zero-order valence-corrected chi connectivity index (χ0v) is 11.5. The van der Waals surface area contributed by atoms with Gasteiger partial charge in [-0.05, 0) is 25.5 Å². The lowest BCUT2D eigenvalue weighted by Crippen LogP contribution is -2.08. The molecule has 0 aliphatic carbocycles. The monoisotopic (exact) mass is 275 g/mol. The van der Waals surface area contributed by atoms with E-state index >= 15 is 0 Å². The SMILES string of the molecule is CCCc1c(C(=O)O)nnn1-c1ccccc1OCC. The van der Waals surface area contributed by atoms with Crippen molar-refractivity contribution in [3.05, 3.63) is 35.7 Å². The molecule has 0 aliphatic rings. The van der Waals surface area contributed by atoms with Crippen molar-refractivity contribution in [2.24, 2.45) is 0 Å². The summed E-state index contributed by atoms with van der Waals surface area (Å²) < 4.78 is 7.11. The van der Waals surface area contributed by atoms with Crippen LogP contribution in [0.2, 0.25) is 0 Å². The van der Waals surface area contributed by atoms with Crippen LogP contribution in [0.1, 0.15) is 36.5 Å². The van der Waals surface area contributed by atoms with E-state index < -0.39 is 5.97 Å². The van der Waals surface area contributed by atoms with Crippen LogP contribution in [-0.4, -0.2) is 32.7 Å². The summed E-state index contributed by atoms with van der Waals surface area (Å²) in [7, 11) is 0. The summed E-state index contributed by atoms with van der Waals surface area (Å²) in [5.74, 6) is -0.400. The second kappa shape index (κ2) is 6.18. The molecule has 0 unspecified atom stereocenters. The molecule has 2 rings (SSSR count). The lowest BCUT2D eigenvalue weighted by atomic mass is 10.2. The molecule has 0 fully saturated rings. The molecule has 6 heteroatoms. The maximum Gasteiger partial charge on any atom is 0.358 e. The number of hydrogen-bond acceptors (Lipinski definition) is 4. The Kier molecular flexibility index (Phi) is 4.34. The molecule has 2 aromatic rings. The minimum Gasteiger partial charge on any atom is -0.492 e. The molecule has 0 spiro atoms. The average Bonchev–Trinajstić information content (AvgIpc) is 2.84. The maximum absolute atomic E-state index is 11.2. The number of ether oxygens (including phenoxy) is 1. The first-order chi connectivity index (χ1) is 9.69. The predicted octanol–water partition coefficient (Wildman–Crippen LogP) is 2.32. The number of aromatic nitrogens is 3. The second-order valence-electron chi connectivity index (χ2n) is 4.25. The van der Waals surface area contributed by atoms with Crippen molar-refractivity contribution in [2.45, 2.75) is 26.7 Å². The molecule has 1 N–H and O–H groups in total. The molecular formula is C14H17N3O3. The zero-order valence-electron chi connectivity index (χ0n) is 11.5. The van der Waals surface area contributed by atoms with Crippen LogP contribution in [0, 0.1) is 0 Å². The fraction of sp³-hybridized carbons (Fsp3) is 0.357. The Bertz CT molecular complexity index is 607. The first-order valence-electron chi connectivity index (χ1n) is 6.59. The van der Waals surface area contributed by atoms with Gasteiger partial charge in [-0.3, -0.25) is 0 Å². The van der Waals surface area contributed by atoms with E-state index in [0.29, 0.717) is 30.2 Å². The summed E-state index contributed by atoms with van der Waals surface area (Å²) in [5, 5.41) is 16.9. The number of hydrogen-bond donors (Lipinski definition) is 1. The third-order valence-corrected chi connectivity index (χ3v) is 2.85. The maximum atomic E-state index is 11.2. The molecule has 20 heavy (non-hydrogen) atoms. The molecule has 6 nitrogen and oxygen atoms in total. The third kappa shape index (κ3) is 2.64. The molecule has 0 bridgehead atoms. The highest BCUT2D eigenvalue weighted by Gasteiger charge is 2.20. The molecule has 0 saturated heterocycles. The number of rotatable bonds is 6. The molecule has 1 aromatic carbocycles. The lowest BCUT2D eigenvalue weighted by molar-refractivity contribution is 0.0689. The van der Waals surface area contributed by atoms with E-state index in [0.717, 1.165) is 6.42 Å². The van der Waals surface area contributed by atoms with Gasteiger partial charge in [-0.1, -0.05) is 30.7 Å². The number of aromatic carboxylic acids is 1. The minimum absolute atomic E-state index is 0.00171. The van der Waals surface area contributed by atoms with E-state index in [2.05, 4.69) is 10.3 Å². The van der Waals surface area contributed by atoms with Gasteiger partial charge in [-0.15, -0.1) is 5.10 Å². The van der Waals surface area contributed by atoms with Gasteiger partial charge in [0.2, 0.25) is 0 Å². The summed E-state index contributed by atoms with van der Waals surface area (Å²) in [6.07, 6.45) is 1.40. The number of nitrogens with zero attached hydrogens (tertiary/aromatic N) is 3. The second-order valence-corrected chi connectivity index (χ2v) is 4.25. The van der Waals surface area contributed by atoms with Gasteiger partial charge in [0.25, 0.3) is 0 Å². The summed E-state index contributed by atoms with van der Waals surface area (Å²) >= 11 is 0. The molecule has 106 valence electrons. The summed E-state index contributed by atoms with van der Waals surface area (Å²) in [6, 6.07) is 7.39. The fourth-order valence-corrected chi connectivity index (χ4v) is 2.03. The van der Waals surface area contributed by atoms with E-state index in [9.17, 15) is 9.90 Å². The number of para-hydroxylation sites is 2. The van der Waals surface area contributed by atoms with Gasteiger partial charge in [-0.25, -0.2) is 9.48 Å². The van der Waals surface area contributed by atoms with Gasteiger partial charge in [0.05, 0.1) is 12.3 Å². The Morgan fingerprint density at radius 3 is 2.75 bits per heavy atom. The van der Waals surface area contributed by atoms with E-state index in [4.69, 9.17) is 4.74 Å². The fourth-order valence-electron chi connectivity index (χ4n) is 2.03. The number of carbonyl (C=O) groups is 1.